The van der Waals surface area contributed by atoms with E-state index in [0.717, 1.165) is 6.42 Å². The molecule has 12 heavy (non-hydrogen) atoms. The first kappa shape index (κ1) is 7.53. The lowest BCUT2D eigenvalue weighted by atomic mass is 10.1. The van der Waals surface area contributed by atoms with Gasteiger partial charge in [-0.1, -0.05) is 5.57 Å². The first-order valence-corrected chi connectivity index (χ1v) is 4.30. The number of hydrogen-bond acceptors (Lipinski definition) is 1. The molecule has 0 atom stereocenters. The molecule has 0 aliphatic heterocycles. The van der Waals surface area contributed by atoms with Crippen LogP contribution in [0.15, 0.2) is 17.8 Å². The number of hydrogen-bond donors (Lipinski definition) is 0. The molecular weight excluding hydrogens is 146 g/mol. The summed E-state index contributed by atoms with van der Waals surface area (Å²) in [6.45, 7) is 6.46. The van der Waals surface area contributed by atoms with E-state index in [4.69, 9.17) is 0 Å². The van der Waals surface area contributed by atoms with Gasteiger partial charge in [0, 0.05) is 12.6 Å². The molecule has 1 aromatic heterocycles. The zero-order valence-electron chi connectivity index (χ0n) is 7.81. The Labute approximate surface area is 73.1 Å². The van der Waals surface area contributed by atoms with E-state index in [2.05, 4.69) is 31.8 Å². The van der Waals surface area contributed by atoms with E-state index in [9.17, 15) is 0 Å². The lowest BCUT2D eigenvalue weighted by Gasteiger charge is -2.00. The van der Waals surface area contributed by atoms with Gasteiger partial charge in [-0.3, -0.25) is 4.98 Å². The van der Waals surface area contributed by atoms with Gasteiger partial charge in [0.2, 0.25) is 0 Å². The molecule has 0 spiro atoms. The molecule has 0 saturated carbocycles. The van der Waals surface area contributed by atoms with E-state index in [-0.39, 0.29) is 0 Å². The number of nitrogens with zero attached hydrogens (tertiary/aromatic N) is 1. The van der Waals surface area contributed by atoms with Crippen molar-refractivity contribution in [2.24, 2.45) is 0 Å². The molecule has 1 heterocycles. The standard InChI is InChI=1S/C11H13N/c1-7-4-10-9(3)8(2)5-11(10)12-6-7/h4,6H,5H2,1-3H3. The molecule has 0 bridgehead atoms. The summed E-state index contributed by atoms with van der Waals surface area (Å²) in [5.41, 5.74) is 6.73. The first-order valence-electron chi connectivity index (χ1n) is 4.30. The molecule has 1 aromatic rings. The highest BCUT2D eigenvalue weighted by Crippen LogP contribution is 2.30. The minimum Gasteiger partial charge on any atom is -0.260 e. The van der Waals surface area contributed by atoms with Crippen molar-refractivity contribution in [3.05, 3.63) is 34.7 Å². The molecule has 0 N–H and O–H groups in total. The van der Waals surface area contributed by atoms with Crippen molar-refractivity contribution in [3.8, 4) is 0 Å². The van der Waals surface area contributed by atoms with Crippen molar-refractivity contribution in [2.75, 3.05) is 0 Å². The fourth-order valence-electron chi connectivity index (χ4n) is 1.68. The van der Waals surface area contributed by atoms with Crippen LogP contribution in [0.3, 0.4) is 0 Å². The number of rotatable bonds is 0. The van der Waals surface area contributed by atoms with Crippen LogP contribution in [0.2, 0.25) is 0 Å². The Balaban J connectivity index is 2.60. The minimum atomic E-state index is 1.04. The zero-order chi connectivity index (χ0) is 8.72. The number of fused-ring (bicyclic) bond motifs is 1. The number of aromatic nitrogens is 1. The summed E-state index contributed by atoms with van der Waals surface area (Å²) < 4.78 is 0. The minimum absolute atomic E-state index is 1.04. The average Bonchev–Trinajstić information content (AvgIpc) is 2.31. The van der Waals surface area contributed by atoms with Gasteiger partial charge in [0.25, 0.3) is 0 Å². The van der Waals surface area contributed by atoms with E-state index in [0.29, 0.717) is 0 Å². The first-order chi connectivity index (χ1) is 5.68. The van der Waals surface area contributed by atoms with Gasteiger partial charge in [-0.05, 0) is 43.5 Å². The van der Waals surface area contributed by atoms with Gasteiger partial charge in [-0.15, -0.1) is 0 Å². The molecule has 0 radical (unpaired) electrons. The Morgan fingerprint density at radius 3 is 2.75 bits per heavy atom. The van der Waals surface area contributed by atoms with Crippen molar-refractivity contribution in [1.82, 2.24) is 4.98 Å². The molecule has 62 valence electrons. The van der Waals surface area contributed by atoms with Crippen molar-refractivity contribution in [3.63, 3.8) is 0 Å². The van der Waals surface area contributed by atoms with Crippen LogP contribution in [0.4, 0.5) is 0 Å². The highest BCUT2D eigenvalue weighted by Gasteiger charge is 2.15. The SMILES string of the molecule is CC1=C(C)c2cc(C)cnc2C1. The van der Waals surface area contributed by atoms with E-state index in [1.807, 2.05) is 6.20 Å². The maximum absolute atomic E-state index is 4.42. The van der Waals surface area contributed by atoms with Crippen molar-refractivity contribution < 1.29 is 0 Å². The van der Waals surface area contributed by atoms with Crippen LogP contribution in [-0.4, -0.2) is 4.98 Å². The Bertz CT molecular complexity index is 361. The second-order valence-corrected chi connectivity index (χ2v) is 3.59. The summed E-state index contributed by atoms with van der Waals surface area (Å²) in [4.78, 5) is 4.42. The third-order valence-corrected chi connectivity index (χ3v) is 2.58. The quantitative estimate of drug-likeness (QED) is 0.567. The topological polar surface area (TPSA) is 12.9 Å². The summed E-state index contributed by atoms with van der Waals surface area (Å²) in [6.07, 6.45) is 2.99. The second-order valence-electron chi connectivity index (χ2n) is 3.59. The zero-order valence-corrected chi connectivity index (χ0v) is 7.81. The fraction of sp³-hybridized carbons (Fsp3) is 0.364. The van der Waals surface area contributed by atoms with E-state index >= 15 is 0 Å². The molecular formula is C11H13N. The normalized spacial score (nSPS) is 15.2. The van der Waals surface area contributed by atoms with Crippen LogP contribution in [0.5, 0.6) is 0 Å². The Morgan fingerprint density at radius 2 is 2.00 bits per heavy atom. The van der Waals surface area contributed by atoms with Gasteiger partial charge in [0.1, 0.15) is 0 Å². The van der Waals surface area contributed by atoms with Crippen LogP contribution < -0.4 is 0 Å². The van der Waals surface area contributed by atoms with E-state index in [1.165, 1.54) is 28.0 Å². The molecule has 0 fully saturated rings. The van der Waals surface area contributed by atoms with Crippen molar-refractivity contribution in [2.45, 2.75) is 27.2 Å². The van der Waals surface area contributed by atoms with Crippen molar-refractivity contribution >= 4 is 5.57 Å². The van der Waals surface area contributed by atoms with E-state index in [1.54, 1.807) is 0 Å². The predicted molar refractivity (Wildman–Crippen MR) is 50.9 cm³/mol. The Morgan fingerprint density at radius 1 is 1.25 bits per heavy atom. The van der Waals surface area contributed by atoms with Gasteiger partial charge in [-0.25, -0.2) is 0 Å². The molecule has 1 heteroatoms. The van der Waals surface area contributed by atoms with Crippen LogP contribution >= 0.6 is 0 Å². The third kappa shape index (κ3) is 0.970. The van der Waals surface area contributed by atoms with Crippen LogP contribution in [0, 0.1) is 6.92 Å². The summed E-state index contributed by atoms with van der Waals surface area (Å²) in [6, 6.07) is 2.23. The van der Waals surface area contributed by atoms with E-state index < -0.39 is 0 Å². The molecule has 0 saturated heterocycles. The number of aryl methyl sites for hydroxylation is 1. The lowest BCUT2D eigenvalue weighted by molar-refractivity contribution is 1.07. The van der Waals surface area contributed by atoms with Crippen LogP contribution in [0.1, 0.15) is 30.7 Å². The Hall–Kier alpha value is -1.11. The monoisotopic (exact) mass is 159 g/mol. The maximum Gasteiger partial charge on any atom is 0.0519 e. The summed E-state index contributed by atoms with van der Waals surface area (Å²) in [5.74, 6) is 0. The third-order valence-electron chi connectivity index (χ3n) is 2.58. The fourth-order valence-corrected chi connectivity index (χ4v) is 1.68. The number of allylic oxidation sites excluding steroid dienone is 2. The molecule has 0 unspecified atom stereocenters. The molecule has 0 aromatic carbocycles. The Kier molecular flexibility index (Phi) is 1.53. The summed E-state index contributed by atoms with van der Waals surface area (Å²) in [7, 11) is 0. The lowest BCUT2D eigenvalue weighted by Crippen LogP contribution is -1.89. The van der Waals surface area contributed by atoms with Gasteiger partial charge in [0.05, 0.1) is 5.69 Å². The average molecular weight is 159 g/mol. The predicted octanol–water partition coefficient (Wildman–Crippen LogP) is 2.74. The second kappa shape index (κ2) is 2.44. The highest BCUT2D eigenvalue weighted by atomic mass is 14.7. The van der Waals surface area contributed by atoms with Crippen molar-refractivity contribution in [1.29, 1.82) is 0 Å². The van der Waals surface area contributed by atoms with Gasteiger partial charge in [0.15, 0.2) is 0 Å². The molecule has 1 nitrogen and oxygen atoms in total. The largest absolute Gasteiger partial charge is 0.260 e. The highest BCUT2D eigenvalue weighted by molar-refractivity contribution is 5.73. The maximum atomic E-state index is 4.42. The summed E-state index contributed by atoms with van der Waals surface area (Å²) in [5, 5.41) is 0. The van der Waals surface area contributed by atoms with Gasteiger partial charge >= 0.3 is 0 Å². The number of pyridine rings is 1. The summed E-state index contributed by atoms with van der Waals surface area (Å²) >= 11 is 0. The smallest absolute Gasteiger partial charge is 0.0519 e. The van der Waals surface area contributed by atoms with Gasteiger partial charge < -0.3 is 0 Å². The van der Waals surface area contributed by atoms with Crippen LogP contribution in [0.25, 0.3) is 5.57 Å². The van der Waals surface area contributed by atoms with Crippen LogP contribution in [-0.2, 0) is 6.42 Å². The molecule has 1 aliphatic rings. The molecule has 1 aliphatic carbocycles. The molecule has 0 amide bonds. The van der Waals surface area contributed by atoms with Gasteiger partial charge in [-0.2, -0.15) is 0 Å². The molecule has 2 rings (SSSR count).